The molecular weight excluding hydrogens is 152 g/mol. The molecule has 3 nitrogen and oxygen atoms in total. The van der Waals surface area contributed by atoms with Gasteiger partial charge in [0.15, 0.2) is 0 Å². The molecule has 0 aliphatic heterocycles. The van der Waals surface area contributed by atoms with Gasteiger partial charge in [0.2, 0.25) is 0 Å². The molecule has 0 radical (unpaired) electrons. The van der Waals surface area contributed by atoms with Crippen LogP contribution in [0.15, 0.2) is 12.4 Å². The van der Waals surface area contributed by atoms with Gasteiger partial charge in [-0.05, 0) is 0 Å². The maximum atomic E-state index is 11.6. The van der Waals surface area contributed by atoms with Crippen molar-refractivity contribution in [3.8, 4) is 0 Å². The first kappa shape index (κ1) is 8.13. The van der Waals surface area contributed by atoms with Crippen molar-refractivity contribution in [2.45, 2.75) is 13.0 Å². The Hall–Kier alpha value is -0.970. The van der Waals surface area contributed by atoms with Crippen LogP contribution in [0.3, 0.4) is 0 Å². The van der Waals surface area contributed by atoms with Crippen LogP contribution in [-0.2, 0) is 6.54 Å². The van der Waals surface area contributed by atoms with Crippen LogP contribution < -0.4 is 5.32 Å². The molecule has 0 aliphatic rings. The second kappa shape index (κ2) is 4.02. The lowest BCUT2D eigenvalue weighted by molar-refractivity contribution is 0.145. The Kier molecular flexibility index (Phi) is 2.97. The molecule has 0 spiro atoms. The second-order valence-corrected chi connectivity index (χ2v) is 2.13. The molecule has 5 heteroatoms. The molecule has 1 aromatic rings. The van der Waals surface area contributed by atoms with E-state index in [1.807, 2.05) is 0 Å². The first-order valence-corrected chi connectivity index (χ1v) is 3.25. The van der Waals surface area contributed by atoms with E-state index < -0.39 is 6.43 Å². The molecule has 1 rings (SSSR count). The van der Waals surface area contributed by atoms with Crippen LogP contribution in [0.4, 0.5) is 8.78 Å². The Bertz CT molecular complexity index is 186. The highest BCUT2D eigenvalue weighted by atomic mass is 19.3. The minimum atomic E-state index is -2.29. The lowest BCUT2D eigenvalue weighted by atomic mass is 10.3. The van der Waals surface area contributed by atoms with Crippen LogP contribution in [0.25, 0.3) is 0 Å². The van der Waals surface area contributed by atoms with Crippen molar-refractivity contribution in [2.75, 3.05) is 6.54 Å². The molecule has 0 bridgehead atoms. The molecule has 1 heterocycles. The van der Waals surface area contributed by atoms with Gasteiger partial charge < -0.3 is 5.32 Å². The zero-order valence-electron chi connectivity index (χ0n) is 5.85. The summed E-state index contributed by atoms with van der Waals surface area (Å²) in [5.41, 5.74) is 0.880. The zero-order chi connectivity index (χ0) is 8.10. The molecular formula is C6H9F2N3. The lowest BCUT2D eigenvalue weighted by Gasteiger charge is -1.99. The molecule has 11 heavy (non-hydrogen) atoms. The van der Waals surface area contributed by atoms with Gasteiger partial charge in [-0.15, -0.1) is 0 Å². The third-order valence-corrected chi connectivity index (χ3v) is 1.18. The van der Waals surface area contributed by atoms with Crippen molar-refractivity contribution in [3.05, 3.63) is 18.0 Å². The van der Waals surface area contributed by atoms with E-state index in [-0.39, 0.29) is 6.54 Å². The van der Waals surface area contributed by atoms with Crippen LogP contribution in [0.1, 0.15) is 5.56 Å². The summed E-state index contributed by atoms with van der Waals surface area (Å²) < 4.78 is 23.2. The Labute approximate surface area is 62.8 Å². The molecule has 0 aliphatic carbocycles. The third-order valence-electron chi connectivity index (χ3n) is 1.18. The Morgan fingerprint density at radius 3 is 3.00 bits per heavy atom. The van der Waals surface area contributed by atoms with Crippen molar-refractivity contribution in [2.24, 2.45) is 0 Å². The minimum absolute atomic E-state index is 0.273. The standard InChI is InChI=1S/C6H9F2N3/c7-6(8)4-9-1-5-2-10-11-3-5/h2-3,6,9H,1,4H2,(H,10,11). The number of nitrogens with zero attached hydrogens (tertiary/aromatic N) is 1. The van der Waals surface area contributed by atoms with E-state index in [9.17, 15) is 8.78 Å². The van der Waals surface area contributed by atoms with Crippen molar-refractivity contribution in [3.63, 3.8) is 0 Å². The summed E-state index contributed by atoms with van der Waals surface area (Å²) >= 11 is 0. The van der Waals surface area contributed by atoms with E-state index in [1.54, 1.807) is 12.4 Å². The molecule has 0 unspecified atom stereocenters. The highest BCUT2D eigenvalue weighted by Gasteiger charge is 2.00. The fourth-order valence-electron chi connectivity index (χ4n) is 0.700. The average Bonchev–Trinajstić information content (AvgIpc) is 2.39. The van der Waals surface area contributed by atoms with E-state index in [1.165, 1.54) is 0 Å². The first-order valence-electron chi connectivity index (χ1n) is 3.25. The number of nitrogens with one attached hydrogen (secondary N) is 2. The highest BCUT2D eigenvalue weighted by molar-refractivity contribution is 5.01. The highest BCUT2D eigenvalue weighted by Crippen LogP contribution is 1.93. The molecule has 0 saturated carbocycles. The van der Waals surface area contributed by atoms with Crippen LogP contribution in [0.2, 0.25) is 0 Å². The van der Waals surface area contributed by atoms with Gasteiger partial charge in [-0.2, -0.15) is 5.10 Å². The van der Waals surface area contributed by atoms with Crippen molar-refractivity contribution < 1.29 is 8.78 Å². The molecule has 0 aromatic carbocycles. The molecule has 0 atom stereocenters. The van der Waals surface area contributed by atoms with Crippen LogP contribution in [-0.4, -0.2) is 23.2 Å². The number of aromatic amines is 1. The number of alkyl halides is 2. The van der Waals surface area contributed by atoms with E-state index in [0.717, 1.165) is 5.56 Å². The number of rotatable bonds is 4. The summed E-state index contributed by atoms with van der Waals surface area (Å²) in [4.78, 5) is 0. The van der Waals surface area contributed by atoms with Gasteiger partial charge in [-0.3, -0.25) is 5.10 Å². The summed E-state index contributed by atoms with van der Waals surface area (Å²) in [5.74, 6) is 0. The summed E-state index contributed by atoms with van der Waals surface area (Å²) in [5, 5.41) is 8.84. The fourth-order valence-corrected chi connectivity index (χ4v) is 0.700. The summed E-state index contributed by atoms with van der Waals surface area (Å²) in [6, 6.07) is 0. The van der Waals surface area contributed by atoms with Crippen LogP contribution in [0, 0.1) is 0 Å². The van der Waals surface area contributed by atoms with E-state index >= 15 is 0 Å². The SMILES string of the molecule is FC(F)CNCc1cn[nH]c1. The number of H-pyrrole nitrogens is 1. The topological polar surface area (TPSA) is 40.7 Å². The molecule has 1 aromatic heterocycles. The maximum absolute atomic E-state index is 11.6. The average molecular weight is 161 g/mol. The van der Waals surface area contributed by atoms with Gasteiger partial charge in [0.1, 0.15) is 0 Å². The van der Waals surface area contributed by atoms with E-state index in [2.05, 4.69) is 15.5 Å². The zero-order valence-corrected chi connectivity index (χ0v) is 5.85. The normalized spacial score (nSPS) is 10.8. The lowest BCUT2D eigenvalue weighted by Crippen LogP contribution is -2.20. The fraction of sp³-hybridized carbons (Fsp3) is 0.500. The van der Waals surface area contributed by atoms with Crippen LogP contribution in [0.5, 0.6) is 0 Å². The van der Waals surface area contributed by atoms with E-state index in [4.69, 9.17) is 0 Å². The Balaban J connectivity index is 2.14. The molecule has 0 amide bonds. The third kappa shape index (κ3) is 3.08. The van der Waals surface area contributed by atoms with Gasteiger partial charge >= 0.3 is 0 Å². The van der Waals surface area contributed by atoms with Gasteiger partial charge in [0.25, 0.3) is 6.43 Å². The van der Waals surface area contributed by atoms with Gasteiger partial charge in [-0.25, -0.2) is 8.78 Å². The summed E-state index contributed by atoms with van der Waals surface area (Å²) in [6.45, 7) is 0.159. The quantitative estimate of drug-likeness (QED) is 0.684. The van der Waals surface area contributed by atoms with Gasteiger partial charge in [-0.1, -0.05) is 0 Å². The minimum Gasteiger partial charge on any atom is -0.307 e. The molecule has 62 valence electrons. The number of halogens is 2. The number of hydrogen-bond donors (Lipinski definition) is 2. The summed E-state index contributed by atoms with van der Waals surface area (Å²) in [6.07, 6.45) is 0.971. The van der Waals surface area contributed by atoms with Crippen molar-refractivity contribution in [1.82, 2.24) is 15.5 Å². The largest absolute Gasteiger partial charge is 0.307 e. The van der Waals surface area contributed by atoms with Gasteiger partial charge in [0.05, 0.1) is 12.7 Å². The predicted octanol–water partition coefficient (Wildman–Crippen LogP) is 0.764. The smallest absolute Gasteiger partial charge is 0.250 e. The van der Waals surface area contributed by atoms with Crippen LogP contribution >= 0.6 is 0 Å². The Morgan fingerprint density at radius 2 is 2.45 bits per heavy atom. The number of aromatic nitrogens is 2. The van der Waals surface area contributed by atoms with Crippen molar-refractivity contribution in [1.29, 1.82) is 0 Å². The molecule has 0 saturated heterocycles. The predicted molar refractivity (Wildman–Crippen MR) is 36.3 cm³/mol. The monoisotopic (exact) mass is 161 g/mol. The first-order chi connectivity index (χ1) is 5.29. The molecule has 0 fully saturated rings. The molecule has 2 N–H and O–H groups in total. The van der Waals surface area contributed by atoms with Crippen molar-refractivity contribution >= 4 is 0 Å². The van der Waals surface area contributed by atoms with E-state index in [0.29, 0.717) is 6.54 Å². The maximum Gasteiger partial charge on any atom is 0.250 e. The second-order valence-electron chi connectivity index (χ2n) is 2.13. The Morgan fingerprint density at radius 1 is 1.64 bits per heavy atom. The van der Waals surface area contributed by atoms with Gasteiger partial charge in [0, 0.05) is 18.3 Å². The summed E-state index contributed by atoms with van der Waals surface area (Å²) in [7, 11) is 0. The number of hydrogen-bond acceptors (Lipinski definition) is 2.